The number of carbonyl (C=O) groups excluding carboxylic acids is 1. The molecule has 4 heteroatoms. The molecule has 176 valence electrons. The molecule has 0 N–H and O–H groups in total. The second-order valence-electron chi connectivity index (χ2n) is 8.73. The molecule has 0 fully saturated rings. The molecule has 0 radical (unpaired) electrons. The SMILES string of the molecule is C=C(C)C(=O)OCCCCCCOc1ccc2c(c1)C=C(c1ccc(CC)cc1F)CCC2. The minimum absolute atomic E-state index is 0.133. The van der Waals surface area contributed by atoms with Crippen molar-refractivity contribution < 1.29 is 18.7 Å². The molecule has 2 aromatic rings. The number of rotatable bonds is 11. The van der Waals surface area contributed by atoms with E-state index in [0.717, 1.165) is 73.8 Å². The highest BCUT2D eigenvalue weighted by atomic mass is 19.1. The van der Waals surface area contributed by atoms with Gasteiger partial charge in [0, 0.05) is 11.1 Å². The number of esters is 1. The van der Waals surface area contributed by atoms with Gasteiger partial charge in [-0.3, -0.25) is 0 Å². The first-order valence-electron chi connectivity index (χ1n) is 12.1. The molecule has 0 bridgehead atoms. The third kappa shape index (κ3) is 7.31. The minimum Gasteiger partial charge on any atom is -0.494 e. The van der Waals surface area contributed by atoms with Crippen molar-refractivity contribution in [1.29, 1.82) is 0 Å². The molecule has 33 heavy (non-hydrogen) atoms. The van der Waals surface area contributed by atoms with Crippen LogP contribution in [-0.4, -0.2) is 19.2 Å². The van der Waals surface area contributed by atoms with Gasteiger partial charge in [0.25, 0.3) is 0 Å². The van der Waals surface area contributed by atoms with E-state index in [1.807, 2.05) is 25.1 Å². The van der Waals surface area contributed by atoms with E-state index in [2.05, 4.69) is 24.8 Å². The van der Waals surface area contributed by atoms with Crippen LogP contribution in [0.3, 0.4) is 0 Å². The van der Waals surface area contributed by atoms with Gasteiger partial charge in [-0.15, -0.1) is 0 Å². The molecule has 0 unspecified atom stereocenters. The summed E-state index contributed by atoms with van der Waals surface area (Å²) in [6.07, 6.45) is 9.64. The van der Waals surface area contributed by atoms with Crippen LogP contribution in [0.2, 0.25) is 0 Å². The maximum absolute atomic E-state index is 14.7. The van der Waals surface area contributed by atoms with Crippen molar-refractivity contribution in [2.75, 3.05) is 13.2 Å². The summed E-state index contributed by atoms with van der Waals surface area (Å²) in [5.41, 5.74) is 5.63. The van der Waals surface area contributed by atoms with Crippen LogP contribution in [-0.2, 0) is 22.4 Å². The molecule has 2 aromatic carbocycles. The van der Waals surface area contributed by atoms with Crippen molar-refractivity contribution in [2.24, 2.45) is 0 Å². The molecule has 0 atom stereocenters. The molecule has 3 nitrogen and oxygen atoms in total. The number of unbranched alkanes of at least 4 members (excludes halogenated alkanes) is 3. The summed E-state index contributed by atoms with van der Waals surface area (Å²) < 4.78 is 25.8. The number of allylic oxidation sites excluding steroid dienone is 1. The van der Waals surface area contributed by atoms with Crippen LogP contribution in [0, 0.1) is 5.82 Å². The van der Waals surface area contributed by atoms with E-state index in [9.17, 15) is 9.18 Å². The Morgan fingerprint density at radius 1 is 1.03 bits per heavy atom. The fraction of sp³-hybridized carbons (Fsp3) is 0.414. The lowest BCUT2D eigenvalue weighted by Crippen LogP contribution is -2.06. The van der Waals surface area contributed by atoms with Gasteiger partial charge in [-0.2, -0.15) is 0 Å². The maximum Gasteiger partial charge on any atom is 0.333 e. The van der Waals surface area contributed by atoms with E-state index in [1.54, 1.807) is 13.0 Å². The number of fused-ring (bicyclic) bond motifs is 1. The highest BCUT2D eigenvalue weighted by molar-refractivity contribution is 5.87. The Labute approximate surface area is 197 Å². The van der Waals surface area contributed by atoms with Gasteiger partial charge in [-0.1, -0.05) is 37.8 Å². The third-order valence-electron chi connectivity index (χ3n) is 6.02. The second kappa shape index (κ2) is 12.4. The maximum atomic E-state index is 14.7. The summed E-state index contributed by atoms with van der Waals surface area (Å²) >= 11 is 0. The number of hydrogen-bond donors (Lipinski definition) is 0. The van der Waals surface area contributed by atoms with Gasteiger partial charge < -0.3 is 9.47 Å². The number of benzene rings is 2. The van der Waals surface area contributed by atoms with Crippen LogP contribution in [0.1, 0.15) is 74.6 Å². The van der Waals surface area contributed by atoms with Crippen LogP contribution in [0.4, 0.5) is 4.39 Å². The number of carbonyl (C=O) groups is 1. The molecule has 1 aliphatic carbocycles. The fourth-order valence-corrected chi connectivity index (χ4v) is 4.04. The lowest BCUT2D eigenvalue weighted by Gasteiger charge is -2.10. The van der Waals surface area contributed by atoms with Crippen molar-refractivity contribution in [3.8, 4) is 5.75 Å². The van der Waals surface area contributed by atoms with Gasteiger partial charge in [-0.25, -0.2) is 9.18 Å². The van der Waals surface area contributed by atoms with E-state index in [0.29, 0.717) is 24.4 Å². The molecule has 3 rings (SSSR count). The van der Waals surface area contributed by atoms with Crippen LogP contribution in [0.25, 0.3) is 11.6 Å². The zero-order valence-corrected chi connectivity index (χ0v) is 19.9. The molecule has 0 saturated carbocycles. The zero-order chi connectivity index (χ0) is 23.6. The Kier molecular flexibility index (Phi) is 9.29. The van der Waals surface area contributed by atoms with Crippen molar-refractivity contribution in [2.45, 2.75) is 65.2 Å². The predicted octanol–water partition coefficient (Wildman–Crippen LogP) is 7.32. The van der Waals surface area contributed by atoms with Gasteiger partial charge in [0.15, 0.2) is 0 Å². The van der Waals surface area contributed by atoms with Crippen molar-refractivity contribution in [3.63, 3.8) is 0 Å². The van der Waals surface area contributed by atoms with Crippen molar-refractivity contribution in [3.05, 3.63) is 76.6 Å². The van der Waals surface area contributed by atoms with Crippen LogP contribution >= 0.6 is 0 Å². The third-order valence-corrected chi connectivity index (χ3v) is 6.02. The highest BCUT2D eigenvalue weighted by Gasteiger charge is 2.14. The number of ether oxygens (including phenoxy) is 2. The summed E-state index contributed by atoms with van der Waals surface area (Å²) in [5.74, 6) is 0.397. The molecular weight excluding hydrogens is 415 g/mol. The van der Waals surface area contributed by atoms with Crippen LogP contribution < -0.4 is 4.74 Å². The first-order chi connectivity index (χ1) is 16.0. The Morgan fingerprint density at radius 2 is 1.82 bits per heavy atom. The molecule has 1 aliphatic rings. The molecular formula is C29H35FO3. The van der Waals surface area contributed by atoms with Crippen molar-refractivity contribution in [1.82, 2.24) is 0 Å². The average Bonchev–Trinajstić information content (AvgIpc) is 3.02. The molecule has 0 amide bonds. The summed E-state index contributed by atoms with van der Waals surface area (Å²) in [4.78, 5) is 11.3. The first-order valence-corrected chi connectivity index (χ1v) is 12.1. The summed E-state index contributed by atoms with van der Waals surface area (Å²) in [7, 11) is 0. The van der Waals surface area contributed by atoms with Crippen LogP contribution in [0.5, 0.6) is 5.75 Å². The van der Waals surface area contributed by atoms with E-state index < -0.39 is 0 Å². The Bertz CT molecular complexity index is 1010. The van der Waals surface area contributed by atoms with E-state index >= 15 is 0 Å². The zero-order valence-electron chi connectivity index (χ0n) is 19.9. The van der Waals surface area contributed by atoms with Gasteiger partial charge in [0.2, 0.25) is 0 Å². The Balaban J connectivity index is 1.52. The summed E-state index contributed by atoms with van der Waals surface area (Å²) in [6.45, 7) is 8.35. The average molecular weight is 451 g/mol. The predicted molar refractivity (Wildman–Crippen MR) is 133 cm³/mol. The summed E-state index contributed by atoms with van der Waals surface area (Å²) in [5, 5.41) is 0. The van der Waals surface area contributed by atoms with Gasteiger partial charge in [0.1, 0.15) is 11.6 Å². The number of aryl methyl sites for hydroxylation is 2. The van der Waals surface area contributed by atoms with E-state index in [1.165, 1.54) is 5.56 Å². The monoisotopic (exact) mass is 450 g/mol. The smallest absolute Gasteiger partial charge is 0.333 e. The van der Waals surface area contributed by atoms with Crippen LogP contribution in [0.15, 0.2) is 48.6 Å². The number of halogens is 1. The Hall–Kier alpha value is -2.88. The second-order valence-corrected chi connectivity index (χ2v) is 8.73. The fourth-order valence-electron chi connectivity index (χ4n) is 4.04. The summed E-state index contributed by atoms with van der Waals surface area (Å²) in [6, 6.07) is 11.9. The molecule has 0 spiro atoms. The van der Waals surface area contributed by atoms with E-state index in [4.69, 9.17) is 9.47 Å². The standard InChI is InChI=1S/C29H35FO3/c1-4-22-12-15-27(28(30)18-22)24-11-9-10-23-13-14-26(20-25(23)19-24)32-16-7-5-6-8-17-33-29(31)21(2)3/h12-15,18-20H,2,4-11,16-17H2,1,3H3. The largest absolute Gasteiger partial charge is 0.494 e. The van der Waals surface area contributed by atoms with Crippen molar-refractivity contribution >= 4 is 17.6 Å². The van der Waals surface area contributed by atoms with E-state index in [-0.39, 0.29) is 11.8 Å². The molecule has 0 aliphatic heterocycles. The lowest BCUT2D eigenvalue weighted by atomic mass is 9.98. The van der Waals surface area contributed by atoms with Gasteiger partial charge in [-0.05, 0) is 98.8 Å². The molecule has 0 heterocycles. The highest BCUT2D eigenvalue weighted by Crippen LogP contribution is 2.33. The quantitative estimate of drug-likeness (QED) is 0.204. The minimum atomic E-state index is -0.320. The first kappa shape index (κ1) is 24.8. The number of hydrogen-bond acceptors (Lipinski definition) is 3. The molecule has 0 aromatic heterocycles. The van der Waals surface area contributed by atoms with Gasteiger partial charge in [0.05, 0.1) is 13.2 Å². The molecule has 0 saturated heterocycles. The van der Waals surface area contributed by atoms with Gasteiger partial charge >= 0.3 is 5.97 Å². The lowest BCUT2D eigenvalue weighted by molar-refractivity contribution is -0.139. The Morgan fingerprint density at radius 3 is 2.55 bits per heavy atom. The topological polar surface area (TPSA) is 35.5 Å². The normalized spacial score (nSPS) is 13.0.